The molecule has 2 aromatic carbocycles. The van der Waals surface area contributed by atoms with Crippen molar-refractivity contribution in [2.45, 2.75) is 31.4 Å². The van der Waals surface area contributed by atoms with Crippen molar-refractivity contribution < 1.29 is 4.74 Å². The third-order valence-corrected chi connectivity index (χ3v) is 4.83. The molecule has 2 nitrogen and oxygen atoms in total. The van der Waals surface area contributed by atoms with E-state index in [0.29, 0.717) is 0 Å². The van der Waals surface area contributed by atoms with E-state index >= 15 is 0 Å². The SMILES string of the molecule is c1ccc(CN2CCC3(CC2)Cc2ccccc2O3)cc1. The van der Waals surface area contributed by atoms with E-state index in [9.17, 15) is 0 Å². The van der Waals surface area contributed by atoms with Crippen molar-refractivity contribution in [1.82, 2.24) is 4.90 Å². The number of rotatable bonds is 2. The molecule has 2 heteroatoms. The molecule has 108 valence electrons. The Hall–Kier alpha value is -1.80. The van der Waals surface area contributed by atoms with E-state index in [1.807, 2.05) is 0 Å². The highest BCUT2D eigenvalue weighted by Crippen LogP contribution is 2.40. The molecule has 2 heterocycles. The first kappa shape index (κ1) is 12.9. The Morgan fingerprint density at radius 2 is 1.62 bits per heavy atom. The molecule has 2 aromatic rings. The van der Waals surface area contributed by atoms with Gasteiger partial charge in [-0.2, -0.15) is 0 Å². The topological polar surface area (TPSA) is 12.5 Å². The summed E-state index contributed by atoms with van der Waals surface area (Å²) in [4.78, 5) is 2.55. The molecule has 0 atom stereocenters. The summed E-state index contributed by atoms with van der Waals surface area (Å²) in [5.41, 5.74) is 2.86. The van der Waals surface area contributed by atoms with Crippen LogP contribution in [0.15, 0.2) is 54.6 Å². The average molecular weight is 279 g/mol. The van der Waals surface area contributed by atoms with Crippen LogP contribution in [0.5, 0.6) is 5.75 Å². The molecule has 2 aliphatic heterocycles. The Balaban J connectivity index is 1.40. The summed E-state index contributed by atoms with van der Waals surface area (Å²) in [6, 6.07) is 19.3. The molecule has 21 heavy (non-hydrogen) atoms. The molecule has 2 aliphatic rings. The molecule has 0 radical (unpaired) electrons. The highest BCUT2D eigenvalue weighted by molar-refractivity contribution is 5.39. The van der Waals surface area contributed by atoms with Crippen molar-refractivity contribution in [3.63, 3.8) is 0 Å². The van der Waals surface area contributed by atoms with Crippen LogP contribution in [0.3, 0.4) is 0 Å². The first-order chi connectivity index (χ1) is 10.3. The fourth-order valence-corrected chi connectivity index (χ4v) is 3.60. The third kappa shape index (κ3) is 2.56. The summed E-state index contributed by atoms with van der Waals surface area (Å²) < 4.78 is 6.31. The maximum Gasteiger partial charge on any atom is 0.123 e. The van der Waals surface area contributed by atoms with Crippen LogP contribution in [-0.2, 0) is 13.0 Å². The molecule has 1 saturated heterocycles. The summed E-state index contributed by atoms with van der Waals surface area (Å²) in [5, 5.41) is 0. The molecular weight excluding hydrogens is 258 g/mol. The lowest BCUT2D eigenvalue weighted by molar-refractivity contribution is 0.0170. The molecule has 0 saturated carbocycles. The zero-order valence-electron chi connectivity index (χ0n) is 12.3. The van der Waals surface area contributed by atoms with E-state index in [1.165, 1.54) is 11.1 Å². The maximum atomic E-state index is 6.31. The van der Waals surface area contributed by atoms with Crippen molar-refractivity contribution in [2.75, 3.05) is 13.1 Å². The zero-order chi connectivity index (χ0) is 14.1. The molecule has 1 spiro atoms. The average Bonchev–Trinajstić information content (AvgIpc) is 2.89. The van der Waals surface area contributed by atoms with Crippen molar-refractivity contribution in [3.8, 4) is 5.75 Å². The van der Waals surface area contributed by atoms with E-state index < -0.39 is 0 Å². The number of para-hydroxylation sites is 1. The van der Waals surface area contributed by atoms with Crippen LogP contribution in [-0.4, -0.2) is 23.6 Å². The van der Waals surface area contributed by atoms with Crippen molar-refractivity contribution in [1.29, 1.82) is 0 Å². The summed E-state index contributed by atoms with van der Waals surface area (Å²) >= 11 is 0. The highest BCUT2D eigenvalue weighted by atomic mass is 16.5. The highest BCUT2D eigenvalue weighted by Gasteiger charge is 2.41. The zero-order valence-corrected chi connectivity index (χ0v) is 12.3. The van der Waals surface area contributed by atoms with Crippen LogP contribution < -0.4 is 4.74 Å². The number of likely N-dealkylation sites (tertiary alicyclic amines) is 1. The molecule has 0 aromatic heterocycles. The van der Waals surface area contributed by atoms with Gasteiger partial charge in [-0.3, -0.25) is 4.90 Å². The van der Waals surface area contributed by atoms with Gasteiger partial charge in [0.2, 0.25) is 0 Å². The molecule has 0 bridgehead atoms. The molecule has 0 amide bonds. The number of fused-ring (bicyclic) bond motifs is 1. The number of ether oxygens (including phenoxy) is 1. The first-order valence-electron chi connectivity index (χ1n) is 7.86. The van der Waals surface area contributed by atoms with Gasteiger partial charge in [-0.05, 0) is 17.2 Å². The molecule has 0 aliphatic carbocycles. The van der Waals surface area contributed by atoms with Gasteiger partial charge in [0.1, 0.15) is 11.4 Å². The van der Waals surface area contributed by atoms with Gasteiger partial charge in [-0.25, -0.2) is 0 Å². The van der Waals surface area contributed by atoms with Gasteiger partial charge in [-0.1, -0.05) is 48.5 Å². The Labute approximate surface area is 126 Å². The summed E-state index contributed by atoms with van der Waals surface area (Å²) in [5.74, 6) is 1.11. The van der Waals surface area contributed by atoms with Crippen molar-refractivity contribution in [3.05, 3.63) is 65.7 Å². The minimum Gasteiger partial charge on any atom is -0.487 e. The Morgan fingerprint density at radius 1 is 0.905 bits per heavy atom. The summed E-state index contributed by atoms with van der Waals surface area (Å²) in [6.07, 6.45) is 3.35. The second kappa shape index (κ2) is 5.19. The van der Waals surface area contributed by atoms with Gasteiger partial charge in [0.25, 0.3) is 0 Å². The summed E-state index contributed by atoms with van der Waals surface area (Å²) in [6.45, 7) is 3.32. The largest absolute Gasteiger partial charge is 0.487 e. The van der Waals surface area contributed by atoms with Gasteiger partial charge >= 0.3 is 0 Å². The van der Waals surface area contributed by atoms with Gasteiger partial charge in [-0.15, -0.1) is 0 Å². The predicted molar refractivity (Wildman–Crippen MR) is 84.5 cm³/mol. The fraction of sp³-hybridized carbons (Fsp3) is 0.368. The second-order valence-corrected chi connectivity index (χ2v) is 6.33. The van der Waals surface area contributed by atoms with E-state index in [4.69, 9.17) is 4.74 Å². The lowest BCUT2D eigenvalue weighted by Crippen LogP contribution is -2.46. The normalized spacial score (nSPS) is 20.2. The third-order valence-electron chi connectivity index (χ3n) is 4.83. The van der Waals surface area contributed by atoms with E-state index in [0.717, 1.165) is 44.6 Å². The molecule has 0 unspecified atom stereocenters. The number of benzene rings is 2. The quantitative estimate of drug-likeness (QED) is 0.832. The Kier molecular flexibility index (Phi) is 3.19. The fourth-order valence-electron chi connectivity index (χ4n) is 3.60. The first-order valence-corrected chi connectivity index (χ1v) is 7.86. The number of hydrogen-bond acceptors (Lipinski definition) is 2. The number of nitrogens with zero attached hydrogens (tertiary/aromatic N) is 1. The van der Waals surface area contributed by atoms with Crippen LogP contribution in [0.25, 0.3) is 0 Å². The van der Waals surface area contributed by atoms with Crippen LogP contribution in [0.2, 0.25) is 0 Å². The van der Waals surface area contributed by atoms with Crippen molar-refractivity contribution >= 4 is 0 Å². The minimum atomic E-state index is 0.0663. The molecule has 0 N–H and O–H groups in total. The molecule has 4 rings (SSSR count). The van der Waals surface area contributed by atoms with Gasteiger partial charge in [0.05, 0.1) is 0 Å². The van der Waals surface area contributed by atoms with Crippen LogP contribution in [0.1, 0.15) is 24.0 Å². The van der Waals surface area contributed by atoms with Gasteiger partial charge in [0.15, 0.2) is 0 Å². The predicted octanol–water partition coefficient (Wildman–Crippen LogP) is 3.66. The van der Waals surface area contributed by atoms with Crippen LogP contribution >= 0.6 is 0 Å². The van der Waals surface area contributed by atoms with Gasteiger partial charge < -0.3 is 4.74 Å². The van der Waals surface area contributed by atoms with E-state index in [2.05, 4.69) is 59.5 Å². The Morgan fingerprint density at radius 3 is 2.38 bits per heavy atom. The van der Waals surface area contributed by atoms with Crippen molar-refractivity contribution in [2.24, 2.45) is 0 Å². The maximum absolute atomic E-state index is 6.31. The van der Waals surface area contributed by atoms with Gasteiger partial charge in [0, 0.05) is 38.9 Å². The monoisotopic (exact) mass is 279 g/mol. The van der Waals surface area contributed by atoms with E-state index in [-0.39, 0.29) is 5.60 Å². The van der Waals surface area contributed by atoms with Crippen LogP contribution in [0, 0.1) is 0 Å². The molecule has 1 fully saturated rings. The minimum absolute atomic E-state index is 0.0663. The lowest BCUT2D eigenvalue weighted by Gasteiger charge is -2.38. The standard InChI is InChI=1S/C19H21NO/c1-2-6-16(7-3-1)15-20-12-10-19(11-13-20)14-17-8-4-5-9-18(17)21-19/h1-9H,10-15H2. The molecular formula is C19H21NO. The van der Waals surface area contributed by atoms with Crippen LogP contribution in [0.4, 0.5) is 0 Å². The lowest BCUT2D eigenvalue weighted by atomic mass is 9.87. The second-order valence-electron chi connectivity index (χ2n) is 6.33. The number of piperidine rings is 1. The number of hydrogen-bond donors (Lipinski definition) is 0. The summed E-state index contributed by atoms with van der Waals surface area (Å²) in [7, 11) is 0. The Bertz CT molecular complexity index is 587. The smallest absolute Gasteiger partial charge is 0.123 e. The van der Waals surface area contributed by atoms with E-state index in [1.54, 1.807) is 0 Å².